The van der Waals surface area contributed by atoms with Crippen LogP contribution in [0.15, 0.2) is 139 Å². The van der Waals surface area contributed by atoms with Crippen molar-refractivity contribution in [2.24, 2.45) is 5.41 Å². The van der Waals surface area contributed by atoms with Crippen LogP contribution in [-0.2, 0) is 20.4 Å². The van der Waals surface area contributed by atoms with E-state index < -0.39 is 5.41 Å². The van der Waals surface area contributed by atoms with Crippen molar-refractivity contribution in [3.05, 3.63) is 161 Å². The number of aromatic nitrogens is 2. The van der Waals surface area contributed by atoms with Crippen molar-refractivity contribution in [2.45, 2.75) is 130 Å². The van der Waals surface area contributed by atoms with Crippen molar-refractivity contribution >= 4 is 28.7 Å². The molecule has 4 aromatic rings. The lowest BCUT2D eigenvalue weighted by molar-refractivity contribution is -0.579. The summed E-state index contributed by atoms with van der Waals surface area (Å²) in [4.78, 5) is 20.3. The Balaban J connectivity index is 1.26. The Morgan fingerprint density at radius 1 is 0.875 bits per heavy atom. The zero-order chi connectivity index (χ0) is 45.6. The van der Waals surface area contributed by atoms with Gasteiger partial charge in [0.15, 0.2) is 18.1 Å². The number of para-hydroxylation sites is 2. The van der Waals surface area contributed by atoms with Gasteiger partial charge in [-0.25, -0.2) is 0 Å². The number of nitrogens with zero attached hydrogens (tertiary/aromatic N) is 4. The average Bonchev–Trinajstić information content (AvgIpc) is 3.88. The zero-order valence-corrected chi connectivity index (χ0v) is 40.4. The van der Waals surface area contributed by atoms with Gasteiger partial charge in [0, 0.05) is 95.7 Å². The van der Waals surface area contributed by atoms with Crippen LogP contribution in [0.25, 0.3) is 5.70 Å². The first-order valence-corrected chi connectivity index (χ1v) is 23.9. The summed E-state index contributed by atoms with van der Waals surface area (Å²) in [7, 11) is 1.61. The second-order valence-corrected chi connectivity index (χ2v) is 19.6. The number of rotatable bonds is 18. The number of anilines is 1. The van der Waals surface area contributed by atoms with Crippen LogP contribution in [0.2, 0.25) is 0 Å². The molecule has 4 heterocycles. The lowest BCUT2D eigenvalue weighted by atomic mass is 9.73. The molecule has 7 rings (SSSR count). The van der Waals surface area contributed by atoms with Gasteiger partial charge in [0.2, 0.25) is 17.3 Å². The smallest absolute Gasteiger partial charge is 0.227 e. The Morgan fingerprint density at radius 3 is 2.27 bits per heavy atom. The third-order valence-electron chi connectivity index (χ3n) is 14.6. The average molecular weight is 860 g/mol. The second-order valence-electron chi connectivity index (χ2n) is 19.6. The van der Waals surface area contributed by atoms with E-state index in [9.17, 15) is 4.79 Å². The highest BCUT2D eigenvalue weighted by Gasteiger charge is 2.44. The van der Waals surface area contributed by atoms with Crippen molar-refractivity contribution in [1.82, 2.24) is 10.3 Å². The van der Waals surface area contributed by atoms with Crippen LogP contribution < -0.4 is 14.8 Å². The summed E-state index contributed by atoms with van der Waals surface area (Å²) in [5.74, 6) is 0.472. The number of pyridine rings is 2. The molecule has 336 valence electrons. The summed E-state index contributed by atoms with van der Waals surface area (Å²) in [5, 5.41) is 2.99. The van der Waals surface area contributed by atoms with Crippen molar-refractivity contribution in [1.29, 1.82) is 0 Å². The van der Waals surface area contributed by atoms with Gasteiger partial charge in [-0.05, 0) is 111 Å². The van der Waals surface area contributed by atoms with Gasteiger partial charge in [0.25, 0.3) is 0 Å². The van der Waals surface area contributed by atoms with E-state index in [1.54, 1.807) is 7.11 Å². The van der Waals surface area contributed by atoms with Gasteiger partial charge in [-0.1, -0.05) is 90.9 Å². The minimum Gasteiger partial charge on any atom is -0.364 e. The van der Waals surface area contributed by atoms with E-state index in [1.165, 1.54) is 61.9 Å². The first kappa shape index (κ1) is 46.6. The standard InChI is InChI=1S/C57H72N5O2/c1-11-34-61-49-20-16-14-18-47(49)55(5,6)51(61)26-24-44-22-23-45(25-27-52-56(7,8)48-19-15-17-21-50(48)62(52)35-12-2)53(44)60-36-30-42(31-37-60)41(4)38-46(43-28-32-58-33-29-43)39-57(9,13-3)54(63)59-40-64-10/h14-21,24-33,36-37,41,46H,11-13,22-23,34-35,38-40H2,1-10H3/q+1/p+1. The Morgan fingerprint density at radius 2 is 1.58 bits per heavy atom. The number of carbonyl (C=O) groups excluding carboxylic acids is 1. The van der Waals surface area contributed by atoms with Crippen molar-refractivity contribution in [2.75, 3.05) is 31.8 Å². The van der Waals surface area contributed by atoms with Crippen LogP contribution in [0.1, 0.15) is 141 Å². The van der Waals surface area contributed by atoms with Crippen molar-refractivity contribution in [3.63, 3.8) is 0 Å². The quantitative estimate of drug-likeness (QED) is 0.0800. The molecule has 1 N–H and O–H groups in total. The number of nitrogens with one attached hydrogen (secondary N) is 1. The van der Waals surface area contributed by atoms with Crippen LogP contribution in [0.4, 0.5) is 11.4 Å². The molecule has 7 nitrogen and oxygen atoms in total. The van der Waals surface area contributed by atoms with E-state index in [0.29, 0.717) is 0 Å². The Labute approximate surface area is 384 Å². The molecule has 7 heteroatoms. The normalized spacial score (nSPS) is 19.7. The number of fused-ring (bicyclic) bond motifs is 2. The van der Waals surface area contributed by atoms with Gasteiger partial charge in [-0.15, -0.1) is 0 Å². The summed E-state index contributed by atoms with van der Waals surface area (Å²) in [6, 6.07) is 26.7. The summed E-state index contributed by atoms with van der Waals surface area (Å²) in [6.07, 6.45) is 24.5. The number of amides is 1. The molecule has 1 amide bonds. The fourth-order valence-electron chi connectivity index (χ4n) is 10.7. The van der Waals surface area contributed by atoms with Crippen LogP contribution in [0.3, 0.4) is 0 Å². The summed E-state index contributed by atoms with van der Waals surface area (Å²) in [6.45, 7) is 22.8. The van der Waals surface area contributed by atoms with Crippen LogP contribution in [-0.4, -0.2) is 48.1 Å². The molecular formula is C57H73N5O2+2. The van der Waals surface area contributed by atoms with Crippen LogP contribution in [0.5, 0.6) is 0 Å². The highest BCUT2D eigenvalue weighted by Crippen LogP contribution is 2.48. The van der Waals surface area contributed by atoms with E-state index >= 15 is 0 Å². The Kier molecular flexibility index (Phi) is 14.4. The van der Waals surface area contributed by atoms with Gasteiger partial charge in [0.05, 0.1) is 5.41 Å². The monoisotopic (exact) mass is 860 g/mol. The zero-order valence-electron chi connectivity index (χ0n) is 40.4. The number of carbonyl (C=O) groups is 1. The molecule has 0 radical (unpaired) electrons. The number of hydrogen-bond acceptors (Lipinski definition) is 4. The molecule has 0 saturated heterocycles. The maximum Gasteiger partial charge on any atom is 0.227 e. The van der Waals surface area contributed by atoms with Crippen LogP contribution in [0, 0.1) is 5.41 Å². The fraction of sp³-hybridized carbons (Fsp3) is 0.439. The van der Waals surface area contributed by atoms with E-state index in [2.05, 4.69) is 196 Å². The molecule has 3 unspecified atom stereocenters. The molecule has 1 aliphatic carbocycles. The highest BCUT2D eigenvalue weighted by molar-refractivity contribution is 6.03. The lowest BCUT2D eigenvalue weighted by Crippen LogP contribution is -2.40. The van der Waals surface area contributed by atoms with Gasteiger partial charge in [-0.2, -0.15) is 9.14 Å². The maximum atomic E-state index is 13.5. The molecule has 0 spiro atoms. The topological polar surface area (TPSA) is 61.3 Å². The first-order valence-electron chi connectivity index (χ1n) is 23.9. The predicted octanol–water partition coefficient (Wildman–Crippen LogP) is 12.2. The van der Waals surface area contributed by atoms with E-state index in [-0.39, 0.29) is 35.3 Å². The molecule has 3 atom stereocenters. The van der Waals surface area contributed by atoms with E-state index in [1.807, 2.05) is 12.4 Å². The Bertz CT molecular complexity index is 2450. The molecule has 2 aromatic carbocycles. The molecule has 2 aromatic heterocycles. The second kappa shape index (κ2) is 19.8. The number of allylic oxidation sites excluding steroid dienone is 8. The Hall–Kier alpha value is -5.40. The van der Waals surface area contributed by atoms with Gasteiger partial charge < -0.3 is 15.0 Å². The third kappa shape index (κ3) is 9.24. The number of benzene rings is 2. The molecule has 2 aliphatic heterocycles. The van der Waals surface area contributed by atoms with Gasteiger partial charge >= 0.3 is 0 Å². The van der Waals surface area contributed by atoms with E-state index in [0.717, 1.165) is 58.0 Å². The first-order chi connectivity index (χ1) is 30.8. The third-order valence-corrected chi connectivity index (χ3v) is 14.6. The summed E-state index contributed by atoms with van der Waals surface area (Å²) < 4.78 is 10.1. The molecule has 0 fully saturated rings. The molecule has 64 heavy (non-hydrogen) atoms. The van der Waals surface area contributed by atoms with E-state index in [4.69, 9.17) is 4.74 Å². The number of hydrogen-bond donors (Lipinski definition) is 1. The van der Waals surface area contributed by atoms with Crippen molar-refractivity contribution in [3.8, 4) is 0 Å². The maximum absolute atomic E-state index is 13.5. The van der Waals surface area contributed by atoms with Crippen molar-refractivity contribution < 1.29 is 18.7 Å². The minimum atomic E-state index is -0.533. The summed E-state index contributed by atoms with van der Waals surface area (Å²) >= 11 is 0. The molecule has 0 bridgehead atoms. The lowest BCUT2D eigenvalue weighted by Gasteiger charge is -2.32. The summed E-state index contributed by atoms with van der Waals surface area (Å²) in [5.41, 5.74) is 13.9. The minimum absolute atomic E-state index is 0.0371. The number of ether oxygens (including phenoxy) is 1. The van der Waals surface area contributed by atoms with Gasteiger partial charge in [-0.3, -0.25) is 9.78 Å². The highest BCUT2D eigenvalue weighted by atomic mass is 16.5. The fourth-order valence-corrected chi connectivity index (χ4v) is 10.7. The largest absolute Gasteiger partial charge is 0.364 e. The molecule has 3 aliphatic rings. The molecule has 0 saturated carbocycles. The van der Waals surface area contributed by atoms with Gasteiger partial charge in [0.1, 0.15) is 13.3 Å². The molecular weight excluding hydrogens is 787 g/mol. The predicted molar refractivity (Wildman–Crippen MR) is 264 cm³/mol. The SMILES string of the molecule is CCCN1C(=CC=C2CCC(C=CC3=[N+](CCC)c4ccccc4C3(C)C)=C2[n+]2ccc(C(C)CC(CC(C)(CC)C(=O)NCOC)c3ccncc3)cc2)C(C)(C)c2ccccc21. The number of methoxy groups -OCH3 is 1. The van der Waals surface area contributed by atoms with Crippen LogP contribution >= 0.6 is 0 Å².